The van der Waals surface area contributed by atoms with Crippen molar-refractivity contribution in [3.8, 4) is 0 Å². The molecule has 0 aromatic heterocycles. The molecule has 1 heteroatoms. The molecule has 4 atom stereocenters. The van der Waals surface area contributed by atoms with Crippen molar-refractivity contribution in [2.24, 2.45) is 23.7 Å². The van der Waals surface area contributed by atoms with Crippen LogP contribution in [0.4, 0.5) is 0 Å². The zero-order valence-electron chi connectivity index (χ0n) is 18.7. The van der Waals surface area contributed by atoms with Gasteiger partial charge in [-0.1, -0.05) is 61.7 Å². The minimum Gasteiger partial charge on any atom is -0.294 e. The van der Waals surface area contributed by atoms with E-state index in [0.717, 1.165) is 28.9 Å². The second-order valence-corrected chi connectivity index (χ2v) is 10.5. The van der Waals surface area contributed by atoms with Crippen LogP contribution in [0.15, 0.2) is 42.5 Å². The van der Waals surface area contributed by atoms with Crippen molar-refractivity contribution in [3.05, 3.63) is 70.3 Å². The molecular weight excluding hydrogens is 364 g/mol. The standard InChI is InChI=1S/C29H36O/c1-19-4-3-5-26(20(19)2)29(30)18-28(27-17-23-12-15-25(27)16-23)24-13-10-22(11-14-24)9-8-21-6-7-21/h3-5,10-11,13-14,21,23,25,27-28H,6-9,12,15-18H2,1-2H3/t23-,25+,27?,28-/m0/s1. The molecule has 0 saturated heterocycles. The Morgan fingerprint density at radius 3 is 2.43 bits per heavy atom. The number of carbonyl (C=O) groups excluding carboxylic acids is 1. The van der Waals surface area contributed by atoms with Gasteiger partial charge in [0.25, 0.3) is 0 Å². The predicted octanol–water partition coefficient (Wildman–Crippen LogP) is 7.44. The summed E-state index contributed by atoms with van der Waals surface area (Å²) >= 11 is 0. The lowest BCUT2D eigenvalue weighted by Crippen LogP contribution is -2.22. The normalized spacial score (nSPS) is 26.1. The monoisotopic (exact) mass is 400 g/mol. The number of hydrogen-bond donors (Lipinski definition) is 0. The van der Waals surface area contributed by atoms with Gasteiger partial charge in [-0.05, 0) is 97.8 Å². The Bertz CT molecular complexity index is 904. The third-order valence-electron chi connectivity index (χ3n) is 8.57. The van der Waals surface area contributed by atoms with Gasteiger partial charge in [0.1, 0.15) is 0 Å². The molecular formula is C29H36O. The van der Waals surface area contributed by atoms with Crippen molar-refractivity contribution < 1.29 is 4.79 Å². The quantitative estimate of drug-likeness (QED) is 0.421. The first kappa shape index (κ1) is 20.0. The minimum atomic E-state index is 0.335. The predicted molar refractivity (Wildman–Crippen MR) is 124 cm³/mol. The van der Waals surface area contributed by atoms with Gasteiger partial charge < -0.3 is 0 Å². The molecule has 0 radical (unpaired) electrons. The molecule has 3 aliphatic rings. The third kappa shape index (κ3) is 4.13. The van der Waals surface area contributed by atoms with Crippen LogP contribution in [0.25, 0.3) is 0 Å². The van der Waals surface area contributed by atoms with Crippen LogP contribution in [0.1, 0.15) is 89.9 Å². The molecule has 0 spiro atoms. The molecule has 0 aliphatic heterocycles. The first-order chi connectivity index (χ1) is 14.6. The van der Waals surface area contributed by atoms with E-state index in [4.69, 9.17) is 0 Å². The average Bonchev–Trinajstić information content (AvgIpc) is 3.35. The van der Waals surface area contributed by atoms with E-state index in [9.17, 15) is 4.79 Å². The van der Waals surface area contributed by atoms with E-state index < -0.39 is 0 Å². The van der Waals surface area contributed by atoms with E-state index >= 15 is 0 Å². The summed E-state index contributed by atoms with van der Waals surface area (Å²) in [5, 5.41) is 0. The third-order valence-corrected chi connectivity index (χ3v) is 8.57. The summed E-state index contributed by atoms with van der Waals surface area (Å²) in [7, 11) is 0. The fraction of sp³-hybridized carbons (Fsp3) is 0.552. The van der Waals surface area contributed by atoms with Gasteiger partial charge in [0.05, 0.1) is 0 Å². The van der Waals surface area contributed by atoms with Crippen LogP contribution < -0.4 is 0 Å². The van der Waals surface area contributed by atoms with Gasteiger partial charge in [0.15, 0.2) is 5.78 Å². The second kappa shape index (κ2) is 8.33. The van der Waals surface area contributed by atoms with Crippen molar-refractivity contribution >= 4 is 5.78 Å². The molecule has 2 aromatic rings. The highest BCUT2D eigenvalue weighted by Gasteiger charge is 2.44. The molecule has 3 aliphatic carbocycles. The number of carbonyl (C=O) groups is 1. The number of benzene rings is 2. The summed E-state index contributed by atoms with van der Waals surface area (Å²) < 4.78 is 0. The van der Waals surface area contributed by atoms with Gasteiger partial charge >= 0.3 is 0 Å². The van der Waals surface area contributed by atoms with Gasteiger partial charge in [-0.25, -0.2) is 0 Å². The fourth-order valence-electron chi connectivity index (χ4n) is 6.37. The van der Waals surface area contributed by atoms with Gasteiger partial charge in [0, 0.05) is 12.0 Å². The molecule has 3 saturated carbocycles. The Hall–Kier alpha value is -1.89. The Labute approximate surface area is 182 Å². The van der Waals surface area contributed by atoms with Gasteiger partial charge in [0.2, 0.25) is 0 Å². The molecule has 1 nitrogen and oxygen atoms in total. The molecule has 30 heavy (non-hydrogen) atoms. The van der Waals surface area contributed by atoms with Crippen LogP contribution in [0.5, 0.6) is 0 Å². The summed E-state index contributed by atoms with van der Waals surface area (Å²) in [5.74, 6) is 4.14. The van der Waals surface area contributed by atoms with Crippen molar-refractivity contribution in [1.82, 2.24) is 0 Å². The average molecular weight is 401 g/mol. The number of hydrogen-bond acceptors (Lipinski definition) is 1. The van der Waals surface area contributed by atoms with Crippen LogP contribution in [0, 0.1) is 37.5 Å². The number of fused-ring (bicyclic) bond motifs is 2. The van der Waals surface area contributed by atoms with Gasteiger partial charge in [-0.2, -0.15) is 0 Å². The number of Topliss-reactive ketones (excluding diaryl/α,β-unsaturated/α-hetero) is 1. The van der Waals surface area contributed by atoms with E-state index in [2.05, 4.69) is 44.2 Å². The topological polar surface area (TPSA) is 17.1 Å². The maximum atomic E-state index is 13.4. The number of aryl methyl sites for hydroxylation is 2. The molecule has 2 bridgehead atoms. The summed E-state index contributed by atoms with van der Waals surface area (Å²) in [6.07, 6.45) is 11.6. The van der Waals surface area contributed by atoms with Crippen molar-refractivity contribution in [2.45, 2.75) is 77.6 Å². The smallest absolute Gasteiger partial charge is 0.163 e. The Balaban J connectivity index is 1.37. The highest BCUT2D eigenvalue weighted by atomic mass is 16.1. The maximum absolute atomic E-state index is 13.4. The van der Waals surface area contributed by atoms with E-state index in [-0.39, 0.29) is 0 Å². The summed E-state index contributed by atoms with van der Waals surface area (Å²) in [6, 6.07) is 15.6. The van der Waals surface area contributed by atoms with E-state index in [1.165, 1.54) is 68.1 Å². The summed E-state index contributed by atoms with van der Waals surface area (Å²) in [5.41, 5.74) is 6.19. The first-order valence-corrected chi connectivity index (χ1v) is 12.3. The number of ketones is 1. The van der Waals surface area contributed by atoms with Crippen LogP contribution in [0.2, 0.25) is 0 Å². The number of rotatable bonds is 8. The lowest BCUT2D eigenvalue weighted by Gasteiger charge is -2.31. The molecule has 0 amide bonds. The van der Waals surface area contributed by atoms with Crippen molar-refractivity contribution in [3.63, 3.8) is 0 Å². The van der Waals surface area contributed by atoms with Crippen LogP contribution in [-0.4, -0.2) is 5.78 Å². The van der Waals surface area contributed by atoms with E-state index in [0.29, 0.717) is 24.0 Å². The Kier molecular flexibility index (Phi) is 5.56. The lowest BCUT2D eigenvalue weighted by molar-refractivity contribution is 0.0954. The molecule has 0 N–H and O–H groups in total. The van der Waals surface area contributed by atoms with Crippen LogP contribution in [-0.2, 0) is 6.42 Å². The molecule has 2 aromatic carbocycles. The van der Waals surface area contributed by atoms with Crippen LogP contribution in [0.3, 0.4) is 0 Å². The molecule has 3 fully saturated rings. The van der Waals surface area contributed by atoms with Crippen molar-refractivity contribution in [1.29, 1.82) is 0 Å². The molecule has 0 heterocycles. The summed E-state index contributed by atoms with van der Waals surface area (Å²) in [4.78, 5) is 13.4. The SMILES string of the molecule is Cc1cccc(C(=O)C[C@@H](c2ccc(CCC3CC3)cc2)C2C[C@H]3CC[C@@H]2C3)c1C. The zero-order chi connectivity index (χ0) is 20.7. The highest BCUT2D eigenvalue weighted by molar-refractivity contribution is 5.98. The summed E-state index contributed by atoms with van der Waals surface area (Å²) in [6.45, 7) is 4.21. The van der Waals surface area contributed by atoms with E-state index in [1.807, 2.05) is 12.1 Å². The first-order valence-electron chi connectivity index (χ1n) is 12.3. The van der Waals surface area contributed by atoms with Gasteiger partial charge in [-0.3, -0.25) is 4.79 Å². The van der Waals surface area contributed by atoms with Gasteiger partial charge in [-0.15, -0.1) is 0 Å². The maximum Gasteiger partial charge on any atom is 0.163 e. The van der Waals surface area contributed by atoms with Crippen LogP contribution >= 0.6 is 0 Å². The molecule has 158 valence electrons. The lowest BCUT2D eigenvalue weighted by atomic mass is 9.73. The highest BCUT2D eigenvalue weighted by Crippen LogP contribution is 2.54. The fourth-order valence-corrected chi connectivity index (χ4v) is 6.37. The van der Waals surface area contributed by atoms with E-state index in [1.54, 1.807) is 0 Å². The Morgan fingerprint density at radius 1 is 0.967 bits per heavy atom. The Morgan fingerprint density at radius 2 is 1.77 bits per heavy atom. The second-order valence-electron chi connectivity index (χ2n) is 10.5. The van der Waals surface area contributed by atoms with Crippen molar-refractivity contribution in [2.75, 3.05) is 0 Å². The molecule has 5 rings (SSSR count). The largest absolute Gasteiger partial charge is 0.294 e. The minimum absolute atomic E-state index is 0.335. The zero-order valence-corrected chi connectivity index (χ0v) is 18.7. The molecule has 1 unspecified atom stereocenters.